The van der Waals surface area contributed by atoms with Gasteiger partial charge >= 0.3 is 0 Å². The third kappa shape index (κ3) is 3.63. The van der Waals surface area contributed by atoms with Gasteiger partial charge in [-0.2, -0.15) is 0 Å². The van der Waals surface area contributed by atoms with Crippen molar-refractivity contribution in [3.05, 3.63) is 0 Å². The Morgan fingerprint density at radius 3 is 2.62 bits per heavy atom. The number of hydrogen-bond donors (Lipinski definition) is 1. The summed E-state index contributed by atoms with van der Waals surface area (Å²) in [7, 11) is 0. The quantitative estimate of drug-likeness (QED) is 0.701. The Morgan fingerprint density at radius 2 is 2.15 bits per heavy atom. The lowest BCUT2D eigenvalue weighted by Gasteiger charge is -2.29. The van der Waals surface area contributed by atoms with Crippen LogP contribution in [0.15, 0.2) is 0 Å². The second kappa shape index (κ2) is 4.41. The molecule has 1 heterocycles. The first-order valence-electron chi connectivity index (χ1n) is 5.35. The second-order valence-corrected chi connectivity index (χ2v) is 5.28. The van der Waals surface area contributed by atoms with Gasteiger partial charge in [0.05, 0.1) is 0 Å². The SMILES string of the molecule is CC(C)(C)C(F)CC1CCCNC1. The van der Waals surface area contributed by atoms with Crippen molar-refractivity contribution in [2.75, 3.05) is 13.1 Å². The molecular formula is C11H22FN. The van der Waals surface area contributed by atoms with E-state index in [4.69, 9.17) is 0 Å². The number of alkyl halides is 1. The normalized spacial score (nSPS) is 27.2. The van der Waals surface area contributed by atoms with E-state index in [0.29, 0.717) is 5.92 Å². The summed E-state index contributed by atoms with van der Waals surface area (Å²) >= 11 is 0. The Bertz CT molecular complexity index is 145. The summed E-state index contributed by atoms with van der Waals surface area (Å²) in [4.78, 5) is 0. The van der Waals surface area contributed by atoms with Gasteiger partial charge in [0.15, 0.2) is 0 Å². The summed E-state index contributed by atoms with van der Waals surface area (Å²) < 4.78 is 13.7. The molecule has 1 N–H and O–H groups in total. The van der Waals surface area contributed by atoms with Gasteiger partial charge in [0.1, 0.15) is 6.17 Å². The predicted octanol–water partition coefficient (Wildman–Crippen LogP) is 2.76. The topological polar surface area (TPSA) is 12.0 Å². The molecule has 2 atom stereocenters. The molecule has 1 fully saturated rings. The molecule has 13 heavy (non-hydrogen) atoms. The number of piperidine rings is 1. The molecule has 0 aromatic rings. The summed E-state index contributed by atoms with van der Waals surface area (Å²) in [5, 5.41) is 3.32. The summed E-state index contributed by atoms with van der Waals surface area (Å²) in [6.07, 6.45) is 2.49. The average Bonchev–Trinajstić information content (AvgIpc) is 2.04. The van der Waals surface area contributed by atoms with Crippen molar-refractivity contribution in [2.24, 2.45) is 11.3 Å². The van der Waals surface area contributed by atoms with Crippen molar-refractivity contribution in [1.82, 2.24) is 5.32 Å². The number of hydrogen-bond acceptors (Lipinski definition) is 1. The maximum atomic E-state index is 13.7. The minimum absolute atomic E-state index is 0.183. The zero-order valence-corrected chi connectivity index (χ0v) is 9.07. The first kappa shape index (κ1) is 11.0. The Balaban J connectivity index is 2.30. The minimum Gasteiger partial charge on any atom is -0.316 e. The van der Waals surface area contributed by atoms with E-state index in [1.54, 1.807) is 0 Å². The van der Waals surface area contributed by atoms with E-state index in [-0.39, 0.29) is 5.41 Å². The summed E-state index contributed by atoms with van der Waals surface area (Å²) in [5.41, 5.74) is -0.183. The lowest BCUT2D eigenvalue weighted by Crippen LogP contribution is -2.34. The van der Waals surface area contributed by atoms with Gasteiger partial charge in [-0.1, -0.05) is 20.8 Å². The third-order valence-corrected chi connectivity index (χ3v) is 2.88. The first-order chi connectivity index (χ1) is 6.00. The molecule has 0 radical (unpaired) electrons. The van der Waals surface area contributed by atoms with E-state index in [1.807, 2.05) is 20.8 Å². The molecule has 2 heteroatoms. The van der Waals surface area contributed by atoms with Crippen LogP contribution < -0.4 is 5.32 Å². The van der Waals surface area contributed by atoms with E-state index in [9.17, 15) is 4.39 Å². The Morgan fingerprint density at radius 1 is 1.46 bits per heavy atom. The van der Waals surface area contributed by atoms with E-state index in [1.165, 1.54) is 12.8 Å². The fourth-order valence-electron chi connectivity index (χ4n) is 1.77. The van der Waals surface area contributed by atoms with Gasteiger partial charge in [0.25, 0.3) is 0 Å². The van der Waals surface area contributed by atoms with Crippen molar-refractivity contribution in [3.63, 3.8) is 0 Å². The maximum Gasteiger partial charge on any atom is 0.105 e. The van der Waals surface area contributed by atoms with E-state index < -0.39 is 6.17 Å². The zero-order valence-electron chi connectivity index (χ0n) is 9.07. The monoisotopic (exact) mass is 187 g/mol. The maximum absolute atomic E-state index is 13.7. The molecule has 0 spiro atoms. The van der Waals surface area contributed by atoms with Crippen molar-refractivity contribution < 1.29 is 4.39 Å². The highest BCUT2D eigenvalue weighted by molar-refractivity contribution is 4.79. The van der Waals surface area contributed by atoms with Gasteiger partial charge in [-0.05, 0) is 43.7 Å². The van der Waals surface area contributed by atoms with E-state index in [0.717, 1.165) is 19.5 Å². The number of rotatable bonds is 2. The Kier molecular flexibility index (Phi) is 3.72. The summed E-state index contributed by atoms with van der Waals surface area (Å²) in [6.45, 7) is 8.06. The van der Waals surface area contributed by atoms with Gasteiger partial charge in [-0.15, -0.1) is 0 Å². The smallest absolute Gasteiger partial charge is 0.105 e. The summed E-state index contributed by atoms with van der Waals surface area (Å²) in [5.74, 6) is 0.558. The molecule has 0 saturated carbocycles. The fraction of sp³-hybridized carbons (Fsp3) is 1.00. The van der Waals surface area contributed by atoms with Crippen molar-refractivity contribution in [2.45, 2.75) is 46.2 Å². The minimum atomic E-state index is -0.655. The van der Waals surface area contributed by atoms with Crippen LogP contribution in [0.5, 0.6) is 0 Å². The van der Waals surface area contributed by atoms with Crippen molar-refractivity contribution in [3.8, 4) is 0 Å². The highest BCUT2D eigenvalue weighted by atomic mass is 19.1. The molecule has 1 nitrogen and oxygen atoms in total. The van der Waals surface area contributed by atoms with E-state index in [2.05, 4.69) is 5.32 Å². The molecule has 0 aromatic heterocycles. The average molecular weight is 187 g/mol. The second-order valence-electron chi connectivity index (χ2n) is 5.28. The molecule has 78 valence electrons. The van der Waals surface area contributed by atoms with Crippen LogP contribution >= 0.6 is 0 Å². The lowest BCUT2D eigenvalue weighted by atomic mass is 9.82. The van der Waals surface area contributed by atoms with Crippen LogP contribution in [-0.4, -0.2) is 19.3 Å². The van der Waals surface area contributed by atoms with Gasteiger partial charge in [-0.3, -0.25) is 0 Å². The highest BCUT2D eigenvalue weighted by Gasteiger charge is 2.27. The Labute approximate surface area is 81.1 Å². The molecule has 0 amide bonds. The van der Waals surface area contributed by atoms with Gasteiger partial charge < -0.3 is 5.32 Å². The number of nitrogens with one attached hydrogen (secondary N) is 1. The van der Waals surface area contributed by atoms with Crippen molar-refractivity contribution >= 4 is 0 Å². The molecule has 1 rings (SSSR count). The molecular weight excluding hydrogens is 165 g/mol. The molecule has 0 bridgehead atoms. The van der Waals surface area contributed by atoms with Crippen LogP contribution in [0.25, 0.3) is 0 Å². The van der Waals surface area contributed by atoms with Crippen LogP contribution in [0.1, 0.15) is 40.0 Å². The van der Waals surface area contributed by atoms with Crippen LogP contribution in [0.4, 0.5) is 4.39 Å². The predicted molar refractivity (Wildman–Crippen MR) is 54.6 cm³/mol. The molecule has 1 saturated heterocycles. The molecule has 2 unspecified atom stereocenters. The van der Waals surface area contributed by atoms with E-state index >= 15 is 0 Å². The molecule has 1 aliphatic rings. The zero-order chi connectivity index (χ0) is 9.90. The third-order valence-electron chi connectivity index (χ3n) is 2.88. The summed E-state index contributed by atoms with van der Waals surface area (Å²) in [6, 6.07) is 0. The van der Waals surface area contributed by atoms with Gasteiger partial charge in [0, 0.05) is 0 Å². The van der Waals surface area contributed by atoms with Gasteiger partial charge in [0.2, 0.25) is 0 Å². The molecule has 0 aromatic carbocycles. The van der Waals surface area contributed by atoms with Gasteiger partial charge in [-0.25, -0.2) is 4.39 Å². The lowest BCUT2D eigenvalue weighted by molar-refractivity contribution is 0.123. The molecule has 1 aliphatic heterocycles. The number of halogens is 1. The largest absolute Gasteiger partial charge is 0.316 e. The standard InChI is InChI=1S/C11H22FN/c1-11(2,3)10(12)7-9-5-4-6-13-8-9/h9-10,13H,4-8H2,1-3H3. The highest BCUT2D eigenvalue weighted by Crippen LogP contribution is 2.29. The van der Waals surface area contributed by atoms with Crippen LogP contribution in [0.3, 0.4) is 0 Å². The van der Waals surface area contributed by atoms with Crippen LogP contribution in [0.2, 0.25) is 0 Å². The van der Waals surface area contributed by atoms with Crippen LogP contribution in [0, 0.1) is 11.3 Å². The molecule has 0 aliphatic carbocycles. The Hall–Kier alpha value is -0.110. The van der Waals surface area contributed by atoms with Crippen LogP contribution in [-0.2, 0) is 0 Å². The first-order valence-corrected chi connectivity index (χ1v) is 5.35. The fourth-order valence-corrected chi connectivity index (χ4v) is 1.77. The van der Waals surface area contributed by atoms with Crippen molar-refractivity contribution in [1.29, 1.82) is 0 Å².